The Morgan fingerprint density at radius 2 is 1.76 bits per heavy atom. The fourth-order valence-electron chi connectivity index (χ4n) is 1.13. The molecule has 6 heteroatoms. The van der Waals surface area contributed by atoms with Gasteiger partial charge in [0.1, 0.15) is 0 Å². The summed E-state index contributed by atoms with van der Waals surface area (Å²) in [5, 5.41) is 6.30. The van der Waals surface area contributed by atoms with Crippen LogP contribution in [0.1, 0.15) is 34.1 Å². The molecule has 1 aromatic heterocycles. The molecule has 0 aliphatic carbocycles. The molecule has 17 heavy (non-hydrogen) atoms. The van der Waals surface area contributed by atoms with E-state index in [4.69, 9.17) is 4.74 Å². The van der Waals surface area contributed by atoms with Crippen molar-refractivity contribution in [3.63, 3.8) is 0 Å². The van der Waals surface area contributed by atoms with Gasteiger partial charge < -0.3 is 15.4 Å². The molecule has 0 fully saturated rings. The average Bonchev–Trinajstić information content (AvgIpc) is 2.28. The Morgan fingerprint density at radius 1 is 1.12 bits per heavy atom. The topological polar surface area (TPSA) is 72.0 Å². The molecule has 0 aliphatic heterocycles. The molecule has 0 atom stereocenters. The second-order valence-corrected chi connectivity index (χ2v) is 4.36. The summed E-state index contributed by atoms with van der Waals surface area (Å²) in [5.41, 5.74) is -0.0597. The zero-order valence-electron chi connectivity index (χ0n) is 11.2. The molecule has 0 saturated heterocycles. The standard InChI is InChI=1S/C11H21N5O/c1-6-11(3,4)16-9-13-8(12-7-2)14-10(15-9)17-5/h6-7H2,1-5H3,(H2,12,13,14,15,16). The monoisotopic (exact) mass is 239 g/mol. The molecule has 1 rings (SSSR count). The summed E-state index contributed by atoms with van der Waals surface area (Å²) in [4.78, 5) is 12.6. The van der Waals surface area contributed by atoms with Crippen molar-refractivity contribution in [1.82, 2.24) is 15.0 Å². The number of nitrogens with zero attached hydrogens (tertiary/aromatic N) is 3. The van der Waals surface area contributed by atoms with Crippen LogP contribution in [-0.4, -0.2) is 34.1 Å². The molecule has 1 heterocycles. The van der Waals surface area contributed by atoms with Gasteiger partial charge in [0.25, 0.3) is 0 Å². The van der Waals surface area contributed by atoms with E-state index >= 15 is 0 Å². The van der Waals surface area contributed by atoms with Crippen molar-refractivity contribution in [1.29, 1.82) is 0 Å². The fourth-order valence-corrected chi connectivity index (χ4v) is 1.13. The van der Waals surface area contributed by atoms with Crippen molar-refractivity contribution in [3.05, 3.63) is 0 Å². The maximum atomic E-state index is 5.05. The second-order valence-electron chi connectivity index (χ2n) is 4.36. The number of nitrogens with one attached hydrogen (secondary N) is 2. The number of hydrogen-bond acceptors (Lipinski definition) is 6. The van der Waals surface area contributed by atoms with Gasteiger partial charge in [0.15, 0.2) is 0 Å². The lowest BCUT2D eigenvalue weighted by Gasteiger charge is -2.24. The molecule has 0 aromatic carbocycles. The summed E-state index contributed by atoms with van der Waals surface area (Å²) >= 11 is 0. The molecule has 6 nitrogen and oxygen atoms in total. The van der Waals surface area contributed by atoms with Gasteiger partial charge in [-0.15, -0.1) is 0 Å². The largest absolute Gasteiger partial charge is 0.467 e. The third-order valence-corrected chi connectivity index (χ3v) is 2.47. The highest BCUT2D eigenvalue weighted by atomic mass is 16.5. The van der Waals surface area contributed by atoms with Crippen molar-refractivity contribution in [2.45, 2.75) is 39.7 Å². The van der Waals surface area contributed by atoms with Crippen LogP contribution in [0.15, 0.2) is 0 Å². The zero-order chi connectivity index (χ0) is 12.9. The summed E-state index contributed by atoms with van der Waals surface area (Å²) < 4.78 is 5.05. The lowest BCUT2D eigenvalue weighted by atomic mass is 10.0. The predicted octanol–water partition coefficient (Wildman–Crippen LogP) is 1.91. The third kappa shape index (κ3) is 4.05. The first-order chi connectivity index (χ1) is 8.00. The van der Waals surface area contributed by atoms with E-state index in [9.17, 15) is 0 Å². The van der Waals surface area contributed by atoms with Gasteiger partial charge in [-0.2, -0.15) is 15.0 Å². The minimum absolute atomic E-state index is 0.0597. The van der Waals surface area contributed by atoms with E-state index in [0.717, 1.165) is 13.0 Å². The fraction of sp³-hybridized carbons (Fsp3) is 0.727. The molecule has 2 N–H and O–H groups in total. The van der Waals surface area contributed by atoms with E-state index < -0.39 is 0 Å². The molecule has 1 aromatic rings. The van der Waals surface area contributed by atoms with Crippen molar-refractivity contribution in [2.75, 3.05) is 24.3 Å². The predicted molar refractivity (Wildman–Crippen MR) is 68.5 cm³/mol. The Morgan fingerprint density at radius 3 is 2.29 bits per heavy atom. The molecule has 0 radical (unpaired) electrons. The van der Waals surface area contributed by atoms with Gasteiger partial charge in [-0.05, 0) is 27.2 Å². The van der Waals surface area contributed by atoms with E-state index in [0.29, 0.717) is 17.9 Å². The summed E-state index contributed by atoms with van der Waals surface area (Å²) in [6.45, 7) is 9.03. The normalized spacial score (nSPS) is 11.1. The summed E-state index contributed by atoms with van der Waals surface area (Å²) in [5.74, 6) is 1.05. The molecule has 96 valence electrons. The Labute approximate surface area is 102 Å². The second kappa shape index (κ2) is 5.65. The number of aromatic nitrogens is 3. The van der Waals surface area contributed by atoms with Crippen molar-refractivity contribution >= 4 is 11.9 Å². The molecule has 0 saturated carbocycles. The smallest absolute Gasteiger partial charge is 0.322 e. The Hall–Kier alpha value is -1.59. The third-order valence-electron chi connectivity index (χ3n) is 2.47. The Balaban J connectivity index is 2.94. The summed E-state index contributed by atoms with van der Waals surface area (Å²) in [6.07, 6.45) is 0.970. The maximum Gasteiger partial charge on any atom is 0.322 e. The highest BCUT2D eigenvalue weighted by molar-refractivity contribution is 5.37. The Kier molecular flexibility index (Phi) is 4.48. The van der Waals surface area contributed by atoms with E-state index in [-0.39, 0.29) is 5.54 Å². The highest BCUT2D eigenvalue weighted by Gasteiger charge is 2.17. The first-order valence-corrected chi connectivity index (χ1v) is 5.83. The van der Waals surface area contributed by atoms with Gasteiger partial charge >= 0.3 is 6.01 Å². The molecule has 0 unspecified atom stereocenters. The van der Waals surface area contributed by atoms with Crippen LogP contribution in [0, 0.1) is 0 Å². The first kappa shape index (κ1) is 13.5. The molecule has 0 spiro atoms. The van der Waals surface area contributed by atoms with Gasteiger partial charge in [0, 0.05) is 12.1 Å². The number of ether oxygens (including phenoxy) is 1. The van der Waals surface area contributed by atoms with Crippen LogP contribution in [0.5, 0.6) is 6.01 Å². The van der Waals surface area contributed by atoms with Crippen LogP contribution in [0.3, 0.4) is 0 Å². The van der Waals surface area contributed by atoms with Gasteiger partial charge in [0.2, 0.25) is 11.9 Å². The quantitative estimate of drug-likeness (QED) is 0.790. The molecular weight excluding hydrogens is 218 g/mol. The van der Waals surface area contributed by atoms with Crippen molar-refractivity contribution < 1.29 is 4.74 Å². The number of hydrogen-bond donors (Lipinski definition) is 2. The van der Waals surface area contributed by atoms with Crippen molar-refractivity contribution in [2.24, 2.45) is 0 Å². The number of anilines is 2. The minimum atomic E-state index is -0.0597. The van der Waals surface area contributed by atoms with Crippen molar-refractivity contribution in [3.8, 4) is 6.01 Å². The lowest BCUT2D eigenvalue weighted by molar-refractivity contribution is 0.378. The van der Waals surface area contributed by atoms with Crippen LogP contribution in [0.2, 0.25) is 0 Å². The van der Waals surface area contributed by atoms with Gasteiger partial charge in [-0.25, -0.2) is 0 Å². The van der Waals surface area contributed by atoms with Gasteiger partial charge in [-0.1, -0.05) is 6.92 Å². The minimum Gasteiger partial charge on any atom is -0.467 e. The van der Waals surface area contributed by atoms with E-state index in [2.05, 4.69) is 46.4 Å². The first-order valence-electron chi connectivity index (χ1n) is 5.83. The van der Waals surface area contributed by atoms with E-state index in [1.165, 1.54) is 0 Å². The molecular formula is C11H21N5O. The van der Waals surface area contributed by atoms with Crippen LogP contribution >= 0.6 is 0 Å². The highest BCUT2D eigenvalue weighted by Crippen LogP contribution is 2.17. The van der Waals surface area contributed by atoms with E-state index in [1.807, 2.05) is 6.92 Å². The van der Waals surface area contributed by atoms with Crippen LogP contribution < -0.4 is 15.4 Å². The molecule has 0 amide bonds. The lowest BCUT2D eigenvalue weighted by Crippen LogP contribution is -2.31. The molecule has 0 bridgehead atoms. The number of methoxy groups -OCH3 is 1. The zero-order valence-corrected chi connectivity index (χ0v) is 11.2. The molecule has 0 aliphatic rings. The van der Waals surface area contributed by atoms with Gasteiger partial charge in [0.05, 0.1) is 7.11 Å². The van der Waals surface area contributed by atoms with Crippen LogP contribution in [-0.2, 0) is 0 Å². The van der Waals surface area contributed by atoms with Crippen LogP contribution in [0.4, 0.5) is 11.9 Å². The number of rotatable bonds is 6. The average molecular weight is 239 g/mol. The SMILES string of the molecule is CCNc1nc(NC(C)(C)CC)nc(OC)n1. The Bertz CT molecular complexity index is 367. The summed E-state index contributed by atoms with van der Waals surface area (Å²) in [7, 11) is 1.54. The van der Waals surface area contributed by atoms with E-state index in [1.54, 1.807) is 7.11 Å². The van der Waals surface area contributed by atoms with Gasteiger partial charge in [-0.3, -0.25) is 0 Å². The summed E-state index contributed by atoms with van der Waals surface area (Å²) in [6, 6.07) is 0.311. The van der Waals surface area contributed by atoms with Crippen LogP contribution in [0.25, 0.3) is 0 Å². The maximum absolute atomic E-state index is 5.05.